The van der Waals surface area contributed by atoms with Crippen LogP contribution in [0.3, 0.4) is 0 Å². The Balaban J connectivity index is 2.00. The average Bonchev–Trinajstić information content (AvgIpc) is 2.83. The van der Waals surface area contributed by atoms with E-state index in [4.69, 9.17) is 4.74 Å². The Hall–Kier alpha value is -1.76. The molecule has 1 heterocycles. The summed E-state index contributed by atoms with van der Waals surface area (Å²) in [5, 5.41) is 42.3. The summed E-state index contributed by atoms with van der Waals surface area (Å²) in [5.41, 5.74) is -1.83. The smallest absolute Gasteiger partial charge is 0.128 e. The van der Waals surface area contributed by atoms with Crippen LogP contribution < -0.4 is 0 Å². The van der Waals surface area contributed by atoms with Crippen molar-refractivity contribution in [3.63, 3.8) is 0 Å². The average molecular weight is 344 g/mol. The minimum absolute atomic E-state index is 0.110. The largest absolute Gasteiger partial charge is 0.394 e. The highest BCUT2D eigenvalue weighted by molar-refractivity contribution is 5.27. The van der Waals surface area contributed by atoms with Crippen LogP contribution >= 0.6 is 0 Å². The van der Waals surface area contributed by atoms with Crippen molar-refractivity contribution in [2.75, 3.05) is 13.2 Å². The molecule has 1 aliphatic rings. The van der Waals surface area contributed by atoms with Crippen LogP contribution in [0.2, 0.25) is 0 Å². The van der Waals surface area contributed by atoms with Gasteiger partial charge in [0.05, 0.1) is 13.2 Å². The number of ether oxygens (including phenoxy) is 1. The van der Waals surface area contributed by atoms with Crippen molar-refractivity contribution in [3.8, 4) is 0 Å². The van der Waals surface area contributed by atoms with Gasteiger partial charge in [0.2, 0.25) is 0 Å². The lowest BCUT2D eigenvalue weighted by atomic mass is 9.71. The molecule has 0 spiro atoms. The molecule has 2 aromatic rings. The van der Waals surface area contributed by atoms with Crippen LogP contribution in [0.15, 0.2) is 60.7 Å². The molecule has 25 heavy (non-hydrogen) atoms. The van der Waals surface area contributed by atoms with E-state index in [2.05, 4.69) is 0 Å². The second-order valence-corrected chi connectivity index (χ2v) is 6.65. The third-order valence-electron chi connectivity index (χ3n) is 5.11. The van der Waals surface area contributed by atoms with E-state index in [0.717, 1.165) is 11.1 Å². The molecule has 134 valence electrons. The standard InChI is InChI=1S/C20H24O5/c21-13-17-19(23,11-15-7-3-1-4-8-15)20(24,18(14-22)25-17)12-16-9-5-2-6-10-16/h1-10,17-18,21-24H,11-14H2/t17?,18?,19-,20-/m1/s1. The van der Waals surface area contributed by atoms with Crippen molar-refractivity contribution in [1.29, 1.82) is 0 Å². The van der Waals surface area contributed by atoms with Crippen molar-refractivity contribution in [2.24, 2.45) is 0 Å². The summed E-state index contributed by atoms with van der Waals surface area (Å²) < 4.78 is 5.64. The Morgan fingerprint density at radius 2 is 1.04 bits per heavy atom. The van der Waals surface area contributed by atoms with Gasteiger partial charge in [-0.25, -0.2) is 0 Å². The summed E-state index contributed by atoms with van der Waals surface area (Å²) in [5.74, 6) is 0. The summed E-state index contributed by atoms with van der Waals surface area (Å²) in [6.07, 6.45) is -1.75. The molecule has 5 nitrogen and oxygen atoms in total. The number of aliphatic hydroxyl groups is 4. The van der Waals surface area contributed by atoms with Gasteiger partial charge >= 0.3 is 0 Å². The Morgan fingerprint density at radius 1 is 0.680 bits per heavy atom. The maximum atomic E-state index is 11.4. The first-order valence-electron chi connectivity index (χ1n) is 8.43. The molecule has 0 bridgehead atoms. The Morgan fingerprint density at radius 3 is 1.36 bits per heavy atom. The first kappa shape index (κ1) is 18.0. The van der Waals surface area contributed by atoms with Gasteiger partial charge in [-0.3, -0.25) is 0 Å². The molecule has 0 radical (unpaired) electrons. The van der Waals surface area contributed by atoms with E-state index < -0.39 is 36.6 Å². The predicted octanol–water partition coefficient (Wildman–Crippen LogP) is 0.686. The van der Waals surface area contributed by atoms with Crippen molar-refractivity contribution in [1.82, 2.24) is 0 Å². The maximum Gasteiger partial charge on any atom is 0.128 e. The van der Waals surface area contributed by atoms with Gasteiger partial charge in [0.15, 0.2) is 0 Å². The molecule has 5 heteroatoms. The van der Waals surface area contributed by atoms with Crippen LogP contribution in [0.4, 0.5) is 0 Å². The minimum Gasteiger partial charge on any atom is -0.394 e. The summed E-state index contributed by atoms with van der Waals surface area (Å²) in [6, 6.07) is 18.5. The Kier molecular flexibility index (Phi) is 5.22. The molecule has 1 fully saturated rings. The lowest BCUT2D eigenvalue weighted by molar-refractivity contribution is -0.149. The number of rotatable bonds is 6. The normalized spacial score (nSPS) is 32.0. The summed E-state index contributed by atoms with van der Waals surface area (Å²) in [4.78, 5) is 0. The van der Waals surface area contributed by atoms with E-state index in [-0.39, 0.29) is 12.8 Å². The molecule has 1 aliphatic heterocycles. The van der Waals surface area contributed by atoms with Crippen molar-refractivity contribution in [3.05, 3.63) is 71.8 Å². The zero-order valence-electron chi connectivity index (χ0n) is 14.0. The van der Waals surface area contributed by atoms with Crippen LogP contribution in [0, 0.1) is 0 Å². The topological polar surface area (TPSA) is 90.2 Å². The van der Waals surface area contributed by atoms with Gasteiger partial charge in [-0.05, 0) is 11.1 Å². The zero-order chi connectivity index (χ0) is 17.9. The fourth-order valence-electron chi connectivity index (χ4n) is 3.72. The van der Waals surface area contributed by atoms with Crippen molar-refractivity contribution in [2.45, 2.75) is 36.3 Å². The number of hydrogen-bond acceptors (Lipinski definition) is 5. The minimum atomic E-state index is -1.73. The summed E-state index contributed by atoms with van der Waals surface area (Å²) in [7, 11) is 0. The van der Waals surface area contributed by atoms with Gasteiger partial charge in [0, 0.05) is 12.8 Å². The Bertz CT molecular complexity index is 618. The SMILES string of the molecule is OCC1OC(CO)[C@](O)(Cc2ccccc2)[C@@]1(O)Cc1ccccc1. The van der Waals surface area contributed by atoms with Gasteiger partial charge in [-0.1, -0.05) is 60.7 Å². The second kappa shape index (κ2) is 7.23. The van der Waals surface area contributed by atoms with Crippen LogP contribution in [-0.4, -0.2) is 57.0 Å². The lowest BCUT2D eigenvalue weighted by Crippen LogP contribution is -2.62. The quantitative estimate of drug-likeness (QED) is 0.619. The highest BCUT2D eigenvalue weighted by atomic mass is 16.6. The maximum absolute atomic E-state index is 11.4. The third-order valence-corrected chi connectivity index (χ3v) is 5.11. The lowest BCUT2D eigenvalue weighted by Gasteiger charge is -2.41. The van der Waals surface area contributed by atoms with Gasteiger partial charge in [0.25, 0.3) is 0 Å². The van der Waals surface area contributed by atoms with E-state index in [1.165, 1.54) is 0 Å². The number of hydrogen-bond donors (Lipinski definition) is 4. The number of aliphatic hydroxyl groups excluding tert-OH is 2. The molecule has 0 aromatic heterocycles. The second-order valence-electron chi connectivity index (χ2n) is 6.65. The molecule has 0 amide bonds. The molecule has 2 unspecified atom stereocenters. The van der Waals surface area contributed by atoms with Crippen molar-refractivity contribution >= 4 is 0 Å². The molecule has 0 aliphatic carbocycles. The number of benzene rings is 2. The molecule has 0 saturated carbocycles. The zero-order valence-corrected chi connectivity index (χ0v) is 14.0. The fraction of sp³-hybridized carbons (Fsp3) is 0.400. The first-order chi connectivity index (χ1) is 12.0. The monoisotopic (exact) mass is 344 g/mol. The molecule has 3 rings (SSSR count). The highest BCUT2D eigenvalue weighted by Crippen LogP contribution is 2.44. The van der Waals surface area contributed by atoms with Crippen LogP contribution in [0.25, 0.3) is 0 Å². The highest BCUT2D eigenvalue weighted by Gasteiger charge is 2.64. The molecule has 1 saturated heterocycles. The fourth-order valence-corrected chi connectivity index (χ4v) is 3.72. The van der Waals surface area contributed by atoms with Gasteiger partial charge < -0.3 is 25.2 Å². The molecule has 4 N–H and O–H groups in total. The van der Waals surface area contributed by atoms with E-state index in [1.807, 2.05) is 60.7 Å². The molecule has 4 atom stereocenters. The van der Waals surface area contributed by atoms with E-state index >= 15 is 0 Å². The molecule has 2 aromatic carbocycles. The Labute approximate surface area is 147 Å². The van der Waals surface area contributed by atoms with E-state index in [1.54, 1.807) is 0 Å². The van der Waals surface area contributed by atoms with E-state index in [9.17, 15) is 20.4 Å². The van der Waals surface area contributed by atoms with Crippen LogP contribution in [0.5, 0.6) is 0 Å². The molecular formula is C20H24O5. The van der Waals surface area contributed by atoms with Gasteiger partial charge in [-0.15, -0.1) is 0 Å². The van der Waals surface area contributed by atoms with Crippen LogP contribution in [0.1, 0.15) is 11.1 Å². The first-order valence-corrected chi connectivity index (χ1v) is 8.43. The third kappa shape index (κ3) is 3.21. The molecular weight excluding hydrogens is 320 g/mol. The van der Waals surface area contributed by atoms with E-state index in [0.29, 0.717) is 0 Å². The van der Waals surface area contributed by atoms with Crippen LogP contribution in [-0.2, 0) is 17.6 Å². The predicted molar refractivity (Wildman–Crippen MR) is 93.0 cm³/mol. The summed E-state index contributed by atoms with van der Waals surface area (Å²) in [6.45, 7) is -0.895. The summed E-state index contributed by atoms with van der Waals surface area (Å²) >= 11 is 0. The van der Waals surface area contributed by atoms with Gasteiger partial charge in [0.1, 0.15) is 23.4 Å². The van der Waals surface area contributed by atoms with Crippen molar-refractivity contribution < 1.29 is 25.2 Å². The van der Waals surface area contributed by atoms with Gasteiger partial charge in [-0.2, -0.15) is 0 Å².